The number of rotatable bonds is 3. The summed E-state index contributed by atoms with van der Waals surface area (Å²) in [5.74, 6) is 0.0200. The van der Waals surface area contributed by atoms with Crippen LogP contribution in [0.25, 0.3) is 0 Å². The van der Waals surface area contributed by atoms with Crippen molar-refractivity contribution in [3.8, 4) is 0 Å². The van der Waals surface area contributed by atoms with Crippen molar-refractivity contribution < 1.29 is 4.79 Å². The van der Waals surface area contributed by atoms with E-state index in [0.717, 1.165) is 18.5 Å². The van der Waals surface area contributed by atoms with Crippen LogP contribution < -0.4 is 11.1 Å². The molecule has 1 saturated carbocycles. The van der Waals surface area contributed by atoms with E-state index in [1.54, 1.807) is 18.3 Å². The van der Waals surface area contributed by atoms with Gasteiger partial charge in [0.05, 0.1) is 17.1 Å². The maximum atomic E-state index is 12.1. The summed E-state index contributed by atoms with van der Waals surface area (Å²) < 4.78 is 0. The third-order valence-electron chi connectivity index (χ3n) is 3.04. The molecule has 2 aromatic rings. The van der Waals surface area contributed by atoms with Gasteiger partial charge in [-0.3, -0.25) is 9.89 Å². The lowest BCUT2D eigenvalue weighted by Gasteiger charge is -2.04. The predicted molar refractivity (Wildman–Crippen MR) is 72.2 cm³/mol. The first-order valence-corrected chi connectivity index (χ1v) is 6.30. The number of nitrogens with two attached hydrogens (primary N) is 1. The SMILES string of the molecule is Nc1c(C(=O)Nc2cccnc2Cl)n[nH]c1C1CC1. The van der Waals surface area contributed by atoms with Gasteiger partial charge >= 0.3 is 0 Å². The second kappa shape index (κ2) is 4.55. The monoisotopic (exact) mass is 277 g/mol. The smallest absolute Gasteiger partial charge is 0.278 e. The topological polar surface area (TPSA) is 96.7 Å². The average molecular weight is 278 g/mol. The van der Waals surface area contributed by atoms with Crippen LogP contribution >= 0.6 is 11.6 Å². The molecule has 1 amide bonds. The molecule has 0 saturated heterocycles. The summed E-state index contributed by atoms with van der Waals surface area (Å²) >= 11 is 5.88. The molecule has 0 bridgehead atoms. The molecule has 0 unspecified atom stereocenters. The lowest BCUT2D eigenvalue weighted by Crippen LogP contribution is -2.14. The molecule has 0 radical (unpaired) electrons. The number of amides is 1. The van der Waals surface area contributed by atoms with Gasteiger partial charge in [0, 0.05) is 12.1 Å². The van der Waals surface area contributed by atoms with Crippen molar-refractivity contribution in [3.05, 3.63) is 34.9 Å². The number of nitrogens with zero attached hydrogens (tertiary/aromatic N) is 2. The van der Waals surface area contributed by atoms with E-state index in [0.29, 0.717) is 17.3 Å². The molecule has 0 aliphatic heterocycles. The van der Waals surface area contributed by atoms with Gasteiger partial charge in [-0.1, -0.05) is 11.6 Å². The summed E-state index contributed by atoms with van der Waals surface area (Å²) in [5.41, 5.74) is 7.83. The van der Waals surface area contributed by atoms with E-state index in [2.05, 4.69) is 20.5 Å². The molecular weight excluding hydrogens is 266 g/mol. The van der Waals surface area contributed by atoms with Gasteiger partial charge in [0.25, 0.3) is 5.91 Å². The zero-order valence-electron chi connectivity index (χ0n) is 9.98. The highest BCUT2D eigenvalue weighted by Gasteiger charge is 2.30. The summed E-state index contributed by atoms with van der Waals surface area (Å²) in [6, 6.07) is 3.35. The first kappa shape index (κ1) is 12.0. The Hall–Kier alpha value is -2.08. The Morgan fingerprint density at radius 3 is 3.00 bits per heavy atom. The van der Waals surface area contributed by atoms with Crippen molar-refractivity contribution in [1.29, 1.82) is 0 Å². The molecule has 6 nitrogen and oxygen atoms in total. The van der Waals surface area contributed by atoms with Gasteiger partial charge < -0.3 is 11.1 Å². The fourth-order valence-electron chi connectivity index (χ4n) is 1.88. The molecule has 0 atom stereocenters. The highest BCUT2D eigenvalue weighted by molar-refractivity contribution is 6.32. The van der Waals surface area contributed by atoms with Crippen LogP contribution in [0.4, 0.5) is 11.4 Å². The lowest BCUT2D eigenvalue weighted by molar-refractivity contribution is 0.102. The Morgan fingerprint density at radius 2 is 2.32 bits per heavy atom. The van der Waals surface area contributed by atoms with Gasteiger partial charge in [-0.15, -0.1) is 0 Å². The van der Waals surface area contributed by atoms with Crippen LogP contribution in [0, 0.1) is 0 Å². The first-order valence-electron chi connectivity index (χ1n) is 5.92. The van der Waals surface area contributed by atoms with Crippen molar-refractivity contribution in [2.24, 2.45) is 0 Å². The van der Waals surface area contributed by atoms with E-state index in [-0.39, 0.29) is 10.8 Å². The van der Waals surface area contributed by atoms with Crippen LogP contribution in [0.15, 0.2) is 18.3 Å². The van der Waals surface area contributed by atoms with Crippen molar-refractivity contribution in [1.82, 2.24) is 15.2 Å². The Balaban J connectivity index is 1.82. The number of nitrogen functional groups attached to an aromatic ring is 1. The van der Waals surface area contributed by atoms with Crippen LogP contribution in [-0.4, -0.2) is 21.1 Å². The molecule has 0 aromatic carbocycles. The lowest BCUT2D eigenvalue weighted by atomic mass is 10.2. The molecule has 0 spiro atoms. The van der Waals surface area contributed by atoms with Gasteiger partial charge in [-0.2, -0.15) is 5.10 Å². The standard InChI is InChI=1S/C12H12ClN5O/c13-11-7(2-1-5-15-11)16-12(19)10-8(14)9(17-18-10)6-3-4-6/h1-2,5-6H,3-4,14H2,(H,16,19)(H,17,18). The summed E-state index contributed by atoms with van der Waals surface area (Å²) in [5, 5.41) is 9.68. The number of H-pyrrole nitrogens is 1. The van der Waals surface area contributed by atoms with E-state index in [1.807, 2.05) is 0 Å². The third-order valence-corrected chi connectivity index (χ3v) is 3.34. The second-order valence-electron chi connectivity index (χ2n) is 4.47. The summed E-state index contributed by atoms with van der Waals surface area (Å²) in [7, 11) is 0. The van der Waals surface area contributed by atoms with Gasteiger partial charge in [0.1, 0.15) is 0 Å². The Morgan fingerprint density at radius 1 is 1.53 bits per heavy atom. The van der Waals surface area contributed by atoms with Crippen molar-refractivity contribution in [3.63, 3.8) is 0 Å². The summed E-state index contributed by atoms with van der Waals surface area (Å²) in [6.45, 7) is 0. The number of carbonyl (C=O) groups excluding carboxylic acids is 1. The molecule has 98 valence electrons. The quantitative estimate of drug-likeness (QED) is 0.749. The van der Waals surface area contributed by atoms with Gasteiger partial charge in [-0.25, -0.2) is 4.98 Å². The van der Waals surface area contributed by atoms with E-state index in [4.69, 9.17) is 17.3 Å². The van der Waals surface area contributed by atoms with Crippen molar-refractivity contribution in [2.75, 3.05) is 11.1 Å². The number of hydrogen-bond acceptors (Lipinski definition) is 4. The van der Waals surface area contributed by atoms with Crippen LogP contribution in [0.2, 0.25) is 5.15 Å². The molecule has 2 heterocycles. The van der Waals surface area contributed by atoms with E-state index in [1.165, 1.54) is 0 Å². The maximum Gasteiger partial charge on any atom is 0.278 e. The molecule has 7 heteroatoms. The third kappa shape index (κ3) is 2.26. The molecule has 1 fully saturated rings. The fourth-order valence-corrected chi connectivity index (χ4v) is 2.05. The number of carbonyl (C=O) groups is 1. The minimum Gasteiger partial charge on any atom is -0.395 e. The zero-order valence-corrected chi connectivity index (χ0v) is 10.7. The van der Waals surface area contributed by atoms with Crippen LogP contribution in [0.5, 0.6) is 0 Å². The second-order valence-corrected chi connectivity index (χ2v) is 4.83. The highest BCUT2D eigenvalue weighted by Crippen LogP contribution is 2.42. The largest absolute Gasteiger partial charge is 0.395 e. The van der Waals surface area contributed by atoms with Crippen LogP contribution in [0.3, 0.4) is 0 Å². The van der Waals surface area contributed by atoms with Gasteiger partial charge in [0.15, 0.2) is 10.8 Å². The van der Waals surface area contributed by atoms with Crippen molar-refractivity contribution in [2.45, 2.75) is 18.8 Å². The normalized spacial score (nSPS) is 14.4. The Labute approximate surface area is 114 Å². The van der Waals surface area contributed by atoms with E-state index < -0.39 is 5.91 Å². The van der Waals surface area contributed by atoms with Gasteiger partial charge in [0.2, 0.25) is 0 Å². The summed E-state index contributed by atoms with van der Waals surface area (Å²) in [6.07, 6.45) is 3.72. The first-order chi connectivity index (χ1) is 9.16. The Kier molecular flexibility index (Phi) is 2.87. The van der Waals surface area contributed by atoms with Crippen LogP contribution in [-0.2, 0) is 0 Å². The molecule has 2 aromatic heterocycles. The van der Waals surface area contributed by atoms with E-state index in [9.17, 15) is 4.79 Å². The maximum absolute atomic E-state index is 12.1. The number of anilines is 2. The number of nitrogens with one attached hydrogen (secondary N) is 2. The average Bonchev–Trinajstić information content (AvgIpc) is 3.15. The molecule has 1 aliphatic carbocycles. The number of aromatic amines is 1. The predicted octanol–water partition coefficient (Wildman–Crippen LogP) is 2.17. The molecular formula is C12H12ClN5O. The van der Waals surface area contributed by atoms with E-state index >= 15 is 0 Å². The van der Waals surface area contributed by atoms with Crippen molar-refractivity contribution >= 4 is 28.9 Å². The van der Waals surface area contributed by atoms with Crippen LogP contribution in [0.1, 0.15) is 34.9 Å². The number of aromatic nitrogens is 3. The molecule has 3 rings (SSSR count). The Bertz CT molecular complexity index is 635. The minimum atomic E-state index is -0.393. The zero-order chi connectivity index (χ0) is 13.4. The highest BCUT2D eigenvalue weighted by atomic mass is 35.5. The number of hydrogen-bond donors (Lipinski definition) is 3. The number of pyridine rings is 1. The molecule has 19 heavy (non-hydrogen) atoms. The molecule has 4 N–H and O–H groups in total. The number of halogens is 1. The summed E-state index contributed by atoms with van der Waals surface area (Å²) in [4.78, 5) is 16.0. The molecule has 1 aliphatic rings. The fraction of sp³-hybridized carbons (Fsp3) is 0.250. The minimum absolute atomic E-state index is 0.196. The van der Waals surface area contributed by atoms with Gasteiger partial charge in [-0.05, 0) is 25.0 Å².